The maximum atomic E-state index is 6.71. The molecule has 4 heterocycles. The van der Waals surface area contributed by atoms with Crippen LogP contribution in [0.3, 0.4) is 0 Å². The zero-order chi connectivity index (χ0) is 24.9. The van der Waals surface area contributed by atoms with Crippen molar-refractivity contribution < 1.29 is 27.3 Å². The molecule has 0 N–H and O–H groups in total. The molecule has 0 aliphatic carbocycles. The van der Waals surface area contributed by atoms with Crippen molar-refractivity contribution in [1.29, 1.82) is 0 Å². The third kappa shape index (κ3) is 4.07. The second kappa shape index (κ2) is 9.34. The molecule has 3 aromatic carbocycles. The number of aliphatic imine (C=N–C) groups is 1. The lowest BCUT2D eigenvalue weighted by Gasteiger charge is -2.45. The van der Waals surface area contributed by atoms with E-state index in [1.807, 2.05) is 66.7 Å². The van der Waals surface area contributed by atoms with E-state index in [9.17, 15) is 0 Å². The minimum absolute atomic E-state index is 0.135. The summed E-state index contributed by atoms with van der Waals surface area (Å²) in [6, 6.07) is 25.8. The standard InChI is InChI=1S/C29H28NO6P/c1-17(2)27-30-24-26(37-35-21-14-8-6-12-19(21)20-13-7-9-15-22(20)36-37)25-23(32-29(24)34-27)16-31-28(33-25)18-10-4-3-5-11-18/h3-15,17,23-26,28-29H,16H2,1-2H3/t23-,24+,25-,26-,28-,29-/m1/s1. The van der Waals surface area contributed by atoms with Crippen LogP contribution in [-0.2, 0) is 18.9 Å². The molecule has 7 nitrogen and oxygen atoms in total. The first-order valence-electron chi connectivity index (χ1n) is 12.7. The molecular weight excluding hydrogens is 489 g/mol. The lowest BCUT2D eigenvalue weighted by atomic mass is 9.99. The largest absolute Gasteiger partial charge is 0.449 e. The summed E-state index contributed by atoms with van der Waals surface area (Å²) >= 11 is 0. The van der Waals surface area contributed by atoms with E-state index in [-0.39, 0.29) is 29.8 Å². The molecule has 2 saturated heterocycles. The van der Waals surface area contributed by atoms with Crippen molar-refractivity contribution in [3.63, 3.8) is 0 Å². The molecule has 0 saturated carbocycles. The summed E-state index contributed by atoms with van der Waals surface area (Å²) < 4.78 is 38.8. The van der Waals surface area contributed by atoms with Crippen molar-refractivity contribution in [2.24, 2.45) is 10.9 Å². The van der Waals surface area contributed by atoms with Crippen LogP contribution in [0.5, 0.6) is 0 Å². The molecule has 4 aromatic rings. The van der Waals surface area contributed by atoms with E-state index in [0.717, 1.165) is 27.5 Å². The van der Waals surface area contributed by atoms with Crippen molar-refractivity contribution in [3.8, 4) is 0 Å². The van der Waals surface area contributed by atoms with Gasteiger partial charge in [-0.25, -0.2) is 4.99 Å². The van der Waals surface area contributed by atoms with Gasteiger partial charge >= 0.3 is 0 Å². The van der Waals surface area contributed by atoms with Gasteiger partial charge < -0.3 is 27.3 Å². The lowest BCUT2D eigenvalue weighted by Crippen LogP contribution is -2.55. The van der Waals surface area contributed by atoms with Crippen LogP contribution in [0.15, 0.2) is 92.2 Å². The van der Waals surface area contributed by atoms with Gasteiger partial charge in [-0.3, -0.25) is 0 Å². The second-order valence-corrected chi connectivity index (χ2v) is 11.4. The Morgan fingerprint density at radius 2 is 1.46 bits per heavy atom. The number of hydrogen-bond donors (Lipinski definition) is 0. The minimum atomic E-state index is -1.54. The molecule has 1 aromatic heterocycles. The second-order valence-electron chi connectivity index (χ2n) is 9.90. The van der Waals surface area contributed by atoms with Gasteiger partial charge in [0.2, 0.25) is 14.3 Å². The smallest absolute Gasteiger partial charge is 0.225 e. The van der Waals surface area contributed by atoms with Gasteiger partial charge in [-0.15, -0.1) is 0 Å². The number of hydrogen-bond acceptors (Lipinski definition) is 7. The summed E-state index contributed by atoms with van der Waals surface area (Å²) in [5, 5.41) is 2.01. The molecule has 7 rings (SSSR count). The highest BCUT2D eigenvalue weighted by Gasteiger charge is 2.56. The number of ether oxygens (including phenoxy) is 4. The summed E-state index contributed by atoms with van der Waals surface area (Å²) in [5.74, 6) is 0.820. The molecule has 0 unspecified atom stereocenters. The minimum Gasteiger partial charge on any atom is -0.449 e. The summed E-state index contributed by atoms with van der Waals surface area (Å²) in [5.41, 5.74) is 2.29. The van der Waals surface area contributed by atoms with Crippen molar-refractivity contribution in [2.45, 2.75) is 50.3 Å². The number of nitrogens with zero attached hydrogens (tertiary/aromatic N) is 1. The number of rotatable bonds is 3. The average Bonchev–Trinajstić information content (AvgIpc) is 3.29. The van der Waals surface area contributed by atoms with Gasteiger partial charge in [-0.1, -0.05) is 80.6 Å². The van der Waals surface area contributed by atoms with Gasteiger partial charge in [0.05, 0.1) is 6.61 Å². The average molecular weight is 518 g/mol. The zero-order valence-corrected chi connectivity index (χ0v) is 21.5. The third-order valence-corrected chi connectivity index (χ3v) is 8.94. The molecule has 0 amide bonds. The van der Waals surface area contributed by atoms with E-state index in [1.165, 1.54) is 0 Å². The molecule has 2 fully saturated rings. The first-order valence-corrected chi connectivity index (χ1v) is 14.0. The lowest BCUT2D eigenvalue weighted by molar-refractivity contribution is -0.309. The Morgan fingerprint density at radius 1 is 0.811 bits per heavy atom. The first kappa shape index (κ1) is 23.1. The van der Waals surface area contributed by atoms with Crippen LogP contribution in [0.1, 0.15) is 31.4 Å². The molecular formula is C29H28NO6P. The summed E-state index contributed by atoms with van der Waals surface area (Å²) in [7, 11) is -1.54. The Bertz CT molecular complexity index is 1440. The zero-order valence-electron chi connectivity index (χ0n) is 20.6. The van der Waals surface area contributed by atoms with E-state index in [0.29, 0.717) is 12.5 Å². The van der Waals surface area contributed by atoms with Crippen LogP contribution in [0.25, 0.3) is 21.9 Å². The molecule has 3 aliphatic heterocycles. The van der Waals surface area contributed by atoms with Crippen molar-refractivity contribution >= 4 is 35.8 Å². The highest BCUT2D eigenvalue weighted by Crippen LogP contribution is 2.55. The third-order valence-electron chi connectivity index (χ3n) is 7.10. The van der Waals surface area contributed by atoms with Gasteiger partial charge in [0.1, 0.15) is 35.1 Å². The van der Waals surface area contributed by atoms with Crippen LogP contribution in [0, 0.1) is 5.92 Å². The van der Waals surface area contributed by atoms with Gasteiger partial charge in [-0.2, -0.15) is 0 Å². The van der Waals surface area contributed by atoms with Crippen molar-refractivity contribution in [1.82, 2.24) is 0 Å². The van der Waals surface area contributed by atoms with E-state index >= 15 is 0 Å². The van der Waals surface area contributed by atoms with Gasteiger partial charge in [0.15, 0.2) is 12.2 Å². The van der Waals surface area contributed by atoms with E-state index in [1.54, 1.807) is 0 Å². The quantitative estimate of drug-likeness (QED) is 0.288. The Kier molecular flexibility index (Phi) is 5.82. The maximum absolute atomic E-state index is 6.71. The topological polar surface area (TPSA) is 75.6 Å². The highest BCUT2D eigenvalue weighted by molar-refractivity contribution is 7.37. The fourth-order valence-corrected chi connectivity index (χ4v) is 7.24. The Labute approximate surface area is 215 Å². The van der Waals surface area contributed by atoms with Gasteiger partial charge in [0, 0.05) is 22.3 Å². The van der Waals surface area contributed by atoms with E-state index < -0.39 is 20.6 Å². The molecule has 0 bridgehead atoms. The molecule has 0 radical (unpaired) electrons. The predicted molar refractivity (Wildman–Crippen MR) is 141 cm³/mol. The fraction of sp³-hybridized carbons (Fsp3) is 0.345. The van der Waals surface area contributed by atoms with Crippen LogP contribution < -0.4 is 0 Å². The monoisotopic (exact) mass is 517 g/mol. The molecule has 3 aliphatic rings. The van der Waals surface area contributed by atoms with Crippen molar-refractivity contribution in [2.75, 3.05) is 6.61 Å². The Morgan fingerprint density at radius 3 is 2.14 bits per heavy atom. The van der Waals surface area contributed by atoms with Crippen LogP contribution in [0.4, 0.5) is 0 Å². The van der Waals surface area contributed by atoms with Crippen LogP contribution >= 0.6 is 8.01 Å². The van der Waals surface area contributed by atoms with E-state index in [2.05, 4.69) is 26.0 Å². The number of fused-ring (bicyclic) bond motifs is 5. The van der Waals surface area contributed by atoms with E-state index in [4.69, 9.17) is 32.3 Å². The SMILES string of the molecule is CC(C)C1=N[C@@H]2[C@@H](O1)O[C@@H]1CO[C@@H](c3ccccc3)O[C@H]1[C@@H]2p1oc2ccccc2c2ccccc2o1. The molecule has 8 heteroatoms. The number of benzene rings is 3. The normalized spacial score (nSPS) is 29.0. The van der Waals surface area contributed by atoms with Crippen LogP contribution in [-0.4, -0.2) is 37.0 Å². The van der Waals surface area contributed by atoms with Gasteiger partial charge in [0.25, 0.3) is 0 Å². The van der Waals surface area contributed by atoms with Gasteiger partial charge in [-0.05, 0) is 12.1 Å². The van der Waals surface area contributed by atoms with Crippen molar-refractivity contribution in [3.05, 3.63) is 84.4 Å². The molecule has 6 atom stereocenters. The Hall–Kier alpha value is -3.09. The predicted octanol–water partition coefficient (Wildman–Crippen LogP) is 7.12. The highest BCUT2D eigenvalue weighted by atomic mass is 31.1. The molecule has 0 spiro atoms. The molecule has 190 valence electrons. The summed E-state index contributed by atoms with van der Waals surface area (Å²) in [4.78, 5) is 5.00. The summed E-state index contributed by atoms with van der Waals surface area (Å²) in [6.07, 6.45) is -1.74. The fourth-order valence-electron chi connectivity index (χ4n) is 5.29. The maximum Gasteiger partial charge on any atom is 0.225 e. The number of para-hydroxylation sites is 2. The Balaban J connectivity index is 1.40. The molecule has 37 heavy (non-hydrogen) atoms. The summed E-state index contributed by atoms with van der Waals surface area (Å²) in [6.45, 7) is 4.51. The first-order chi connectivity index (χ1) is 18.2. The van der Waals surface area contributed by atoms with Crippen LogP contribution in [0.2, 0.25) is 0 Å².